The molecule has 0 heterocycles. The highest BCUT2D eigenvalue weighted by atomic mass is 16.5. The first-order valence-electron chi connectivity index (χ1n) is 11.8. The molecule has 1 amide bonds. The van der Waals surface area contributed by atoms with Gasteiger partial charge in [0.25, 0.3) is 5.91 Å². The number of hydrogen-bond acceptors (Lipinski definition) is 5. The van der Waals surface area contributed by atoms with Crippen molar-refractivity contribution in [2.75, 3.05) is 27.4 Å². The highest BCUT2D eigenvalue weighted by Crippen LogP contribution is 2.30. The second-order valence-corrected chi connectivity index (χ2v) is 8.81. The molecule has 0 aliphatic rings. The van der Waals surface area contributed by atoms with Gasteiger partial charge in [0, 0.05) is 24.2 Å². The highest BCUT2D eigenvalue weighted by Gasteiger charge is 2.22. The van der Waals surface area contributed by atoms with E-state index in [-0.39, 0.29) is 11.8 Å². The van der Waals surface area contributed by atoms with Gasteiger partial charge in [0.1, 0.15) is 17.2 Å². The molecule has 1 atom stereocenters. The lowest BCUT2D eigenvalue weighted by atomic mass is 9.99. The average molecular weight is 492 g/mol. The summed E-state index contributed by atoms with van der Waals surface area (Å²) in [7, 11) is 3.15. The molecule has 7 heteroatoms. The monoisotopic (exact) mass is 491 g/mol. The predicted octanol–water partition coefficient (Wildman–Crippen LogP) is 5.00. The molecule has 36 heavy (non-hydrogen) atoms. The minimum atomic E-state index is -1.03. The largest absolute Gasteiger partial charge is 0.496 e. The van der Waals surface area contributed by atoms with Gasteiger partial charge in [-0.2, -0.15) is 0 Å². The maximum absolute atomic E-state index is 13.8. The van der Waals surface area contributed by atoms with Crippen molar-refractivity contribution in [3.63, 3.8) is 0 Å². The zero-order chi connectivity index (χ0) is 26.1. The van der Waals surface area contributed by atoms with Gasteiger partial charge in [-0.3, -0.25) is 4.79 Å². The fraction of sp³-hybridized carbons (Fsp3) is 0.310. The number of carboxylic acid groups (broad SMARTS) is 1. The van der Waals surface area contributed by atoms with Crippen LogP contribution in [0.4, 0.5) is 0 Å². The Morgan fingerprint density at radius 2 is 1.53 bits per heavy atom. The summed E-state index contributed by atoms with van der Waals surface area (Å²) in [5, 5.41) is 8.81. The molecule has 0 fully saturated rings. The van der Waals surface area contributed by atoms with Crippen LogP contribution in [-0.4, -0.2) is 49.3 Å². The van der Waals surface area contributed by atoms with Gasteiger partial charge in [-0.25, -0.2) is 4.79 Å². The van der Waals surface area contributed by atoms with Crippen LogP contribution >= 0.6 is 0 Å². The third kappa shape index (κ3) is 7.25. The van der Waals surface area contributed by atoms with Crippen molar-refractivity contribution >= 4 is 11.9 Å². The summed E-state index contributed by atoms with van der Waals surface area (Å²) in [5.74, 6) is 0.697. The van der Waals surface area contributed by atoms with Crippen LogP contribution in [0.5, 0.6) is 17.2 Å². The standard InChI is InChI=1S/C29H33NO6/c1-20(14-22-8-6-5-7-9-22)17-30(18-23-10-12-25(13-11-23)36-19-28(31)32)29(33)24-15-26(34-3)21(2)27(16-24)35-4/h5-13,15-16,20H,14,17-19H2,1-4H3,(H,31,32). The van der Waals surface area contributed by atoms with Crippen molar-refractivity contribution in [2.45, 2.75) is 26.8 Å². The molecule has 1 N–H and O–H groups in total. The number of amides is 1. The maximum atomic E-state index is 13.8. The third-order valence-corrected chi connectivity index (χ3v) is 5.90. The molecule has 0 saturated carbocycles. The van der Waals surface area contributed by atoms with E-state index in [4.69, 9.17) is 19.3 Å². The first-order valence-corrected chi connectivity index (χ1v) is 11.8. The van der Waals surface area contributed by atoms with E-state index in [0.717, 1.165) is 17.5 Å². The molecule has 0 spiro atoms. The van der Waals surface area contributed by atoms with E-state index in [1.54, 1.807) is 38.5 Å². The second-order valence-electron chi connectivity index (χ2n) is 8.81. The summed E-state index contributed by atoms with van der Waals surface area (Å²) in [6.07, 6.45) is 0.840. The zero-order valence-electron chi connectivity index (χ0n) is 21.2. The van der Waals surface area contributed by atoms with Crippen LogP contribution in [0.1, 0.15) is 34.0 Å². The predicted molar refractivity (Wildman–Crippen MR) is 138 cm³/mol. The number of carboxylic acids is 1. The normalized spacial score (nSPS) is 11.4. The number of aliphatic carboxylic acids is 1. The lowest BCUT2D eigenvalue weighted by Crippen LogP contribution is -2.35. The Morgan fingerprint density at radius 1 is 0.917 bits per heavy atom. The smallest absolute Gasteiger partial charge is 0.341 e. The summed E-state index contributed by atoms with van der Waals surface area (Å²) >= 11 is 0. The summed E-state index contributed by atoms with van der Waals surface area (Å²) in [5.41, 5.74) is 3.44. The summed E-state index contributed by atoms with van der Waals surface area (Å²) in [6, 6.07) is 20.8. The Morgan fingerprint density at radius 3 is 2.08 bits per heavy atom. The molecule has 7 nitrogen and oxygen atoms in total. The molecule has 0 radical (unpaired) electrons. The minimum Gasteiger partial charge on any atom is -0.496 e. The van der Waals surface area contributed by atoms with Crippen LogP contribution in [0, 0.1) is 12.8 Å². The summed E-state index contributed by atoms with van der Waals surface area (Å²) in [4.78, 5) is 26.3. The number of ether oxygens (including phenoxy) is 3. The molecule has 3 aromatic carbocycles. The first kappa shape index (κ1) is 26.6. The van der Waals surface area contributed by atoms with Crippen LogP contribution in [0.3, 0.4) is 0 Å². The van der Waals surface area contributed by atoms with E-state index in [2.05, 4.69) is 19.1 Å². The van der Waals surface area contributed by atoms with E-state index < -0.39 is 12.6 Å². The van der Waals surface area contributed by atoms with Crippen LogP contribution in [-0.2, 0) is 17.8 Å². The van der Waals surface area contributed by atoms with Gasteiger partial charge in [0.05, 0.1) is 14.2 Å². The fourth-order valence-electron chi connectivity index (χ4n) is 4.13. The van der Waals surface area contributed by atoms with Crippen molar-refractivity contribution in [3.05, 3.63) is 89.0 Å². The Bertz CT molecular complexity index is 1140. The van der Waals surface area contributed by atoms with Crippen molar-refractivity contribution in [2.24, 2.45) is 5.92 Å². The molecule has 0 saturated heterocycles. The first-order chi connectivity index (χ1) is 17.3. The van der Waals surface area contributed by atoms with Gasteiger partial charge in [0.15, 0.2) is 6.61 Å². The van der Waals surface area contributed by atoms with Crippen LogP contribution in [0.25, 0.3) is 0 Å². The number of carbonyl (C=O) groups is 2. The van der Waals surface area contributed by atoms with Crippen molar-refractivity contribution in [3.8, 4) is 17.2 Å². The van der Waals surface area contributed by atoms with Crippen molar-refractivity contribution in [1.29, 1.82) is 0 Å². The Labute approximate surface area is 212 Å². The van der Waals surface area contributed by atoms with Crippen LogP contribution in [0.2, 0.25) is 0 Å². The quantitative estimate of drug-likeness (QED) is 0.384. The lowest BCUT2D eigenvalue weighted by molar-refractivity contribution is -0.139. The van der Waals surface area contributed by atoms with Crippen LogP contribution < -0.4 is 14.2 Å². The molecule has 190 valence electrons. The van der Waals surface area contributed by atoms with Gasteiger partial charge in [-0.1, -0.05) is 49.4 Å². The molecular formula is C29H33NO6. The molecule has 3 rings (SSSR count). The molecule has 0 aliphatic carbocycles. The topological polar surface area (TPSA) is 85.3 Å². The number of rotatable bonds is 12. The van der Waals surface area contributed by atoms with Gasteiger partial charge >= 0.3 is 5.97 Å². The van der Waals surface area contributed by atoms with Gasteiger partial charge in [-0.05, 0) is 54.7 Å². The maximum Gasteiger partial charge on any atom is 0.341 e. The second kappa shape index (κ2) is 12.6. The Kier molecular flexibility index (Phi) is 9.33. The molecule has 0 aliphatic heterocycles. The summed E-state index contributed by atoms with van der Waals surface area (Å²) in [6.45, 7) is 4.54. The number of methoxy groups -OCH3 is 2. The Hall–Kier alpha value is -4.00. The van der Waals surface area contributed by atoms with E-state index in [0.29, 0.717) is 35.9 Å². The lowest BCUT2D eigenvalue weighted by Gasteiger charge is -2.27. The molecule has 0 aromatic heterocycles. The average Bonchev–Trinajstić information content (AvgIpc) is 2.88. The number of carbonyl (C=O) groups excluding carboxylic acids is 1. The van der Waals surface area contributed by atoms with E-state index in [1.165, 1.54) is 5.56 Å². The Balaban J connectivity index is 1.85. The van der Waals surface area contributed by atoms with E-state index in [1.807, 2.05) is 42.2 Å². The highest BCUT2D eigenvalue weighted by molar-refractivity contribution is 5.95. The van der Waals surface area contributed by atoms with E-state index >= 15 is 0 Å². The summed E-state index contributed by atoms with van der Waals surface area (Å²) < 4.78 is 16.2. The van der Waals surface area contributed by atoms with Crippen LogP contribution in [0.15, 0.2) is 66.7 Å². The van der Waals surface area contributed by atoms with Gasteiger partial charge in [-0.15, -0.1) is 0 Å². The number of nitrogens with zero attached hydrogens (tertiary/aromatic N) is 1. The SMILES string of the molecule is COc1cc(C(=O)N(Cc2ccc(OCC(=O)O)cc2)CC(C)Cc2ccccc2)cc(OC)c1C. The van der Waals surface area contributed by atoms with E-state index in [9.17, 15) is 9.59 Å². The molecular weight excluding hydrogens is 458 g/mol. The van der Waals surface area contributed by atoms with Gasteiger partial charge < -0.3 is 24.2 Å². The molecule has 0 bridgehead atoms. The molecule has 1 unspecified atom stereocenters. The zero-order valence-corrected chi connectivity index (χ0v) is 21.2. The van der Waals surface area contributed by atoms with Crippen molar-refractivity contribution in [1.82, 2.24) is 4.90 Å². The number of hydrogen-bond donors (Lipinski definition) is 1. The number of benzene rings is 3. The minimum absolute atomic E-state index is 0.127. The fourth-order valence-corrected chi connectivity index (χ4v) is 4.13. The van der Waals surface area contributed by atoms with Gasteiger partial charge in [0.2, 0.25) is 0 Å². The van der Waals surface area contributed by atoms with Crippen molar-refractivity contribution < 1.29 is 28.9 Å². The molecule has 3 aromatic rings. The third-order valence-electron chi connectivity index (χ3n) is 5.90.